The van der Waals surface area contributed by atoms with Crippen LogP contribution in [0.5, 0.6) is 17.4 Å². The Morgan fingerprint density at radius 2 is 1.85 bits per heavy atom. The molecule has 0 bridgehead atoms. The van der Waals surface area contributed by atoms with E-state index in [9.17, 15) is 14.7 Å². The summed E-state index contributed by atoms with van der Waals surface area (Å²) in [6, 6.07) is 15.9. The fourth-order valence-electron chi connectivity index (χ4n) is 3.65. The zero-order chi connectivity index (χ0) is 23.5. The zero-order valence-corrected chi connectivity index (χ0v) is 17.8. The molecular formula is C24H19N5O5. The van der Waals surface area contributed by atoms with Gasteiger partial charge < -0.3 is 24.5 Å². The monoisotopic (exact) mass is 457 g/mol. The van der Waals surface area contributed by atoms with Crippen molar-refractivity contribution in [1.82, 2.24) is 14.9 Å². The molecule has 2 aromatic carbocycles. The van der Waals surface area contributed by atoms with Crippen molar-refractivity contribution >= 4 is 28.4 Å². The van der Waals surface area contributed by atoms with Crippen molar-refractivity contribution in [3.63, 3.8) is 0 Å². The summed E-state index contributed by atoms with van der Waals surface area (Å²) in [6.07, 6.45) is 2.97. The second-order valence-electron chi connectivity index (χ2n) is 7.48. The molecule has 1 aliphatic heterocycles. The highest BCUT2D eigenvalue weighted by molar-refractivity contribution is 5.97. The molecule has 0 saturated heterocycles. The number of nitrogens with zero attached hydrogens (tertiary/aromatic N) is 4. The van der Waals surface area contributed by atoms with E-state index >= 15 is 0 Å². The molecule has 2 N–H and O–H groups in total. The number of hydrogen-bond donors (Lipinski definition) is 2. The van der Waals surface area contributed by atoms with Gasteiger partial charge in [-0.1, -0.05) is 24.3 Å². The van der Waals surface area contributed by atoms with Crippen LogP contribution >= 0.6 is 0 Å². The minimum Gasteiger partial charge on any atom is -0.493 e. The van der Waals surface area contributed by atoms with Gasteiger partial charge in [0.2, 0.25) is 12.7 Å². The van der Waals surface area contributed by atoms with Gasteiger partial charge in [-0.2, -0.15) is 0 Å². The predicted molar refractivity (Wildman–Crippen MR) is 121 cm³/mol. The molecule has 4 aromatic rings. The Balaban J connectivity index is 1.35. The molecule has 0 radical (unpaired) electrons. The molecule has 2 aromatic heterocycles. The molecule has 0 spiro atoms. The summed E-state index contributed by atoms with van der Waals surface area (Å²) in [4.78, 5) is 28.1. The van der Waals surface area contributed by atoms with Gasteiger partial charge in [-0.3, -0.25) is 14.6 Å². The van der Waals surface area contributed by atoms with Crippen LogP contribution < -0.4 is 14.8 Å². The Kier molecular flexibility index (Phi) is 5.61. The summed E-state index contributed by atoms with van der Waals surface area (Å²) < 4.78 is 12.5. The van der Waals surface area contributed by atoms with Crippen LogP contribution in [0.2, 0.25) is 0 Å². The Labute approximate surface area is 193 Å². The van der Waals surface area contributed by atoms with Gasteiger partial charge in [-0.05, 0) is 35.9 Å². The third kappa shape index (κ3) is 4.16. The van der Waals surface area contributed by atoms with Crippen molar-refractivity contribution in [3.8, 4) is 17.4 Å². The fourth-order valence-corrected chi connectivity index (χ4v) is 3.65. The van der Waals surface area contributed by atoms with Gasteiger partial charge in [0.05, 0.1) is 12.1 Å². The molecule has 0 aliphatic carbocycles. The molecule has 10 heteroatoms. The highest BCUT2D eigenvalue weighted by Crippen LogP contribution is 2.40. The smallest absolute Gasteiger partial charge is 0.283 e. The van der Waals surface area contributed by atoms with Crippen molar-refractivity contribution in [3.05, 3.63) is 78.1 Å². The number of azo groups is 1. The van der Waals surface area contributed by atoms with Crippen LogP contribution in [-0.2, 0) is 11.3 Å². The molecule has 1 aliphatic rings. The number of fused-ring (bicyclic) bond motifs is 2. The van der Waals surface area contributed by atoms with Crippen LogP contribution in [0.25, 0.3) is 10.9 Å². The minimum atomic E-state index is -0.658. The molecule has 0 unspecified atom stereocenters. The van der Waals surface area contributed by atoms with Crippen LogP contribution in [0.3, 0.4) is 0 Å². The van der Waals surface area contributed by atoms with E-state index in [2.05, 4.69) is 20.5 Å². The number of nitrogens with one attached hydrogen (secondary N) is 1. The van der Waals surface area contributed by atoms with Crippen molar-refractivity contribution in [2.24, 2.45) is 10.2 Å². The van der Waals surface area contributed by atoms with E-state index in [-0.39, 0.29) is 24.9 Å². The SMILES string of the molecule is O=C(CNC(=O)c1ccncc1)N=Nc1c(O)n(Cc2ccc3c(c2)OCO3)c2ccccc12. The van der Waals surface area contributed by atoms with Crippen LogP contribution in [0.1, 0.15) is 15.9 Å². The lowest BCUT2D eigenvalue weighted by Gasteiger charge is -2.08. The van der Waals surface area contributed by atoms with Gasteiger partial charge in [0.1, 0.15) is 6.54 Å². The topological polar surface area (TPSA) is 127 Å². The van der Waals surface area contributed by atoms with Crippen LogP contribution in [0, 0.1) is 0 Å². The van der Waals surface area contributed by atoms with Crippen LogP contribution in [0.15, 0.2) is 77.2 Å². The molecule has 34 heavy (non-hydrogen) atoms. The Morgan fingerprint density at radius 1 is 1.06 bits per heavy atom. The number of aromatic nitrogens is 2. The van der Waals surface area contributed by atoms with Gasteiger partial charge in [0, 0.05) is 23.3 Å². The number of aromatic hydroxyl groups is 1. The van der Waals surface area contributed by atoms with Crippen molar-refractivity contribution in [2.75, 3.05) is 13.3 Å². The number of hydrogen-bond acceptors (Lipinski definition) is 7. The first kappa shape index (κ1) is 21.1. The quantitative estimate of drug-likeness (QED) is 0.426. The van der Waals surface area contributed by atoms with E-state index in [0.717, 1.165) is 11.1 Å². The molecule has 10 nitrogen and oxygen atoms in total. The Morgan fingerprint density at radius 3 is 2.71 bits per heavy atom. The number of benzene rings is 2. The number of carbonyl (C=O) groups is 2. The number of para-hydroxylation sites is 1. The maximum absolute atomic E-state index is 12.2. The van der Waals surface area contributed by atoms with E-state index in [1.165, 1.54) is 24.5 Å². The van der Waals surface area contributed by atoms with Crippen molar-refractivity contribution in [1.29, 1.82) is 0 Å². The van der Waals surface area contributed by atoms with E-state index in [4.69, 9.17) is 9.47 Å². The van der Waals surface area contributed by atoms with Crippen molar-refractivity contribution in [2.45, 2.75) is 6.54 Å². The summed E-state index contributed by atoms with van der Waals surface area (Å²) in [5.41, 5.74) is 2.16. The minimum absolute atomic E-state index is 0.128. The van der Waals surface area contributed by atoms with Gasteiger partial charge in [0.25, 0.3) is 11.8 Å². The first-order valence-electron chi connectivity index (χ1n) is 10.4. The fraction of sp³-hybridized carbons (Fsp3) is 0.125. The van der Waals surface area contributed by atoms with Crippen molar-refractivity contribution < 1.29 is 24.2 Å². The summed E-state index contributed by atoms with van der Waals surface area (Å²) in [7, 11) is 0. The van der Waals surface area contributed by atoms with E-state index in [1.54, 1.807) is 10.6 Å². The Hall–Kier alpha value is -4.73. The lowest BCUT2D eigenvalue weighted by Crippen LogP contribution is -2.28. The first-order valence-corrected chi connectivity index (χ1v) is 10.4. The highest BCUT2D eigenvalue weighted by Gasteiger charge is 2.19. The predicted octanol–water partition coefficient (Wildman–Crippen LogP) is 3.56. The molecular weight excluding hydrogens is 438 g/mol. The third-order valence-electron chi connectivity index (χ3n) is 5.30. The summed E-state index contributed by atoms with van der Waals surface area (Å²) in [5, 5.41) is 21.7. The van der Waals surface area contributed by atoms with Gasteiger partial charge in [-0.15, -0.1) is 10.2 Å². The van der Waals surface area contributed by atoms with Crippen LogP contribution in [0.4, 0.5) is 5.69 Å². The highest BCUT2D eigenvalue weighted by atomic mass is 16.7. The molecule has 3 heterocycles. The lowest BCUT2D eigenvalue weighted by molar-refractivity contribution is -0.117. The summed E-state index contributed by atoms with van der Waals surface area (Å²) in [5.74, 6) is 0.113. The van der Waals surface area contributed by atoms with Gasteiger partial charge in [0.15, 0.2) is 17.2 Å². The van der Waals surface area contributed by atoms with E-state index in [1.807, 2.05) is 36.4 Å². The number of pyridine rings is 1. The van der Waals surface area contributed by atoms with E-state index in [0.29, 0.717) is 29.0 Å². The number of rotatable bonds is 6. The second kappa shape index (κ2) is 9.02. The standard InChI is InChI=1S/C24H19N5O5/c30-21(12-26-23(31)16-7-9-25-10-8-16)27-28-22-17-3-1-2-4-18(17)29(24(22)32)13-15-5-6-19-20(11-15)34-14-33-19/h1-11,32H,12-14H2,(H,26,31). The lowest BCUT2D eigenvalue weighted by atomic mass is 10.2. The molecule has 2 amide bonds. The summed E-state index contributed by atoms with van der Waals surface area (Å²) in [6.45, 7) is 0.188. The molecule has 0 saturated carbocycles. The maximum atomic E-state index is 12.2. The van der Waals surface area contributed by atoms with Gasteiger partial charge in [-0.25, -0.2) is 0 Å². The summed E-state index contributed by atoms with van der Waals surface area (Å²) >= 11 is 0. The number of ether oxygens (including phenoxy) is 2. The average molecular weight is 457 g/mol. The zero-order valence-electron chi connectivity index (χ0n) is 17.8. The average Bonchev–Trinajstić information content (AvgIpc) is 3.44. The largest absolute Gasteiger partial charge is 0.493 e. The Bertz CT molecular complexity index is 1410. The maximum Gasteiger partial charge on any atom is 0.283 e. The van der Waals surface area contributed by atoms with Crippen LogP contribution in [-0.4, -0.2) is 39.8 Å². The number of carbonyl (C=O) groups excluding carboxylic acids is 2. The second-order valence-corrected chi connectivity index (χ2v) is 7.48. The molecule has 170 valence electrons. The normalized spacial score (nSPS) is 12.4. The molecule has 0 atom stereocenters. The third-order valence-corrected chi connectivity index (χ3v) is 5.30. The first-order chi connectivity index (χ1) is 16.6. The van der Waals surface area contributed by atoms with E-state index < -0.39 is 11.8 Å². The van der Waals surface area contributed by atoms with Gasteiger partial charge >= 0.3 is 0 Å². The molecule has 5 rings (SSSR count). The molecule has 0 fully saturated rings. The number of amides is 2.